The standard InChI is InChI=1S/C24H24FN5O3/c1-2-12-30-19-14-29(15-20(31)27-11-9-18-8-3-4-10-26-18)23(32)21(19)22(28-24(30)33)16-6-5-7-17(25)13-16/h2-8,10,13,22H,1,9,11-12,14-15H2,(H,27,31)(H,28,33)/t22-/m0/s1. The Labute approximate surface area is 190 Å². The molecule has 0 saturated carbocycles. The van der Waals surface area contributed by atoms with Crippen molar-refractivity contribution in [1.29, 1.82) is 0 Å². The number of hydrogen-bond acceptors (Lipinski definition) is 4. The van der Waals surface area contributed by atoms with Gasteiger partial charge < -0.3 is 15.5 Å². The van der Waals surface area contributed by atoms with Crippen LogP contribution in [0.4, 0.5) is 9.18 Å². The summed E-state index contributed by atoms with van der Waals surface area (Å²) in [5, 5.41) is 5.58. The molecular weight excluding hydrogens is 425 g/mol. The molecule has 0 bridgehead atoms. The van der Waals surface area contributed by atoms with E-state index in [1.165, 1.54) is 28.0 Å². The maximum Gasteiger partial charge on any atom is 0.322 e. The molecule has 0 saturated heterocycles. The van der Waals surface area contributed by atoms with Crippen LogP contribution >= 0.6 is 0 Å². The molecule has 0 unspecified atom stereocenters. The smallest absolute Gasteiger partial charge is 0.322 e. The summed E-state index contributed by atoms with van der Waals surface area (Å²) in [4.78, 5) is 45.5. The van der Waals surface area contributed by atoms with Gasteiger partial charge in [-0.3, -0.25) is 19.5 Å². The number of rotatable bonds is 8. The second-order valence-corrected chi connectivity index (χ2v) is 7.78. The fourth-order valence-electron chi connectivity index (χ4n) is 4.04. The summed E-state index contributed by atoms with van der Waals surface area (Å²) in [6, 6.07) is 10.1. The Morgan fingerprint density at radius 1 is 1.27 bits per heavy atom. The van der Waals surface area contributed by atoms with Crippen LogP contribution in [0.1, 0.15) is 17.3 Å². The quantitative estimate of drug-likeness (QED) is 0.602. The van der Waals surface area contributed by atoms with Gasteiger partial charge >= 0.3 is 6.03 Å². The zero-order chi connectivity index (χ0) is 23.4. The van der Waals surface area contributed by atoms with Gasteiger partial charge in [0.2, 0.25) is 5.91 Å². The number of halogens is 1. The van der Waals surface area contributed by atoms with Crippen molar-refractivity contribution >= 4 is 17.8 Å². The Bertz CT molecular complexity index is 1120. The lowest BCUT2D eigenvalue weighted by molar-refractivity contribution is -0.131. The first-order valence-electron chi connectivity index (χ1n) is 10.6. The van der Waals surface area contributed by atoms with Gasteiger partial charge in [-0.05, 0) is 29.8 Å². The first kappa shape index (κ1) is 22.2. The van der Waals surface area contributed by atoms with Crippen LogP contribution in [0.15, 0.2) is 72.6 Å². The van der Waals surface area contributed by atoms with Crippen molar-refractivity contribution in [2.24, 2.45) is 0 Å². The topological polar surface area (TPSA) is 94.6 Å². The van der Waals surface area contributed by atoms with Gasteiger partial charge in [0, 0.05) is 31.4 Å². The highest BCUT2D eigenvalue weighted by atomic mass is 19.1. The first-order valence-corrected chi connectivity index (χ1v) is 10.6. The third-order valence-electron chi connectivity index (χ3n) is 5.55. The molecule has 2 aromatic rings. The van der Waals surface area contributed by atoms with Crippen LogP contribution in [0, 0.1) is 5.82 Å². The minimum Gasteiger partial charge on any atom is -0.354 e. The third-order valence-corrected chi connectivity index (χ3v) is 5.55. The van der Waals surface area contributed by atoms with Gasteiger partial charge in [-0.1, -0.05) is 24.3 Å². The van der Waals surface area contributed by atoms with Crippen molar-refractivity contribution in [3.63, 3.8) is 0 Å². The number of benzene rings is 1. The van der Waals surface area contributed by atoms with Gasteiger partial charge in [0.25, 0.3) is 5.91 Å². The molecule has 4 rings (SSSR count). The van der Waals surface area contributed by atoms with Crippen LogP contribution in [-0.2, 0) is 16.0 Å². The van der Waals surface area contributed by atoms with E-state index in [9.17, 15) is 18.8 Å². The van der Waals surface area contributed by atoms with E-state index in [2.05, 4.69) is 22.2 Å². The second-order valence-electron chi connectivity index (χ2n) is 7.78. The molecule has 2 aliphatic rings. The number of aromatic nitrogens is 1. The molecule has 33 heavy (non-hydrogen) atoms. The lowest BCUT2D eigenvalue weighted by Gasteiger charge is -2.33. The average molecular weight is 449 g/mol. The van der Waals surface area contributed by atoms with E-state index in [0.29, 0.717) is 29.8 Å². The Morgan fingerprint density at radius 2 is 2.12 bits per heavy atom. The van der Waals surface area contributed by atoms with E-state index >= 15 is 0 Å². The molecule has 0 spiro atoms. The minimum atomic E-state index is -0.797. The van der Waals surface area contributed by atoms with Crippen LogP contribution in [0.2, 0.25) is 0 Å². The van der Waals surface area contributed by atoms with E-state index in [1.54, 1.807) is 18.3 Å². The Hall–Kier alpha value is -4.01. The molecule has 3 heterocycles. The molecule has 0 radical (unpaired) electrons. The zero-order valence-corrected chi connectivity index (χ0v) is 18.0. The summed E-state index contributed by atoms with van der Waals surface area (Å²) in [5.41, 5.74) is 2.15. The summed E-state index contributed by atoms with van der Waals surface area (Å²) >= 11 is 0. The van der Waals surface area contributed by atoms with Gasteiger partial charge in [-0.25, -0.2) is 9.18 Å². The molecule has 9 heteroatoms. The van der Waals surface area contributed by atoms with E-state index in [1.807, 2.05) is 18.2 Å². The molecule has 4 amide bonds. The normalized spacial score (nSPS) is 17.7. The Balaban J connectivity index is 1.48. The fraction of sp³-hybridized carbons (Fsp3) is 0.250. The van der Waals surface area contributed by atoms with Gasteiger partial charge in [0.15, 0.2) is 0 Å². The number of nitrogens with zero attached hydrogens (tertiary/aromatic N) is 3. The van der Waals surface area contributed by atoms with Crippen molar-refractivity contribution in [2.45, 2.75) is 12.5 Å². The van der Waals surface area contributed by atoms with Crippen molar-refractivity contribution in [3.05, 3.63) is 89.7 Å². The van der Waals surface area contributed by atoms with E-state index in [4.69, 9.17) is 0 Å². The molecule has 1 atom stereocenters. The average Bonchev–Trinajstić information content (AvgIpc) is 3.12. The van der Waals surface area contributed by atoms with Crippen molar-refractivity contribution in [3.8, 4) is 0 Å². The summed E-state index contributed by atoms with van der Waals surface area (Å²) in [6.45, 7) is 4.22. The number of pyridine rings is 1. The van der Waals surface area contributed by atoms with Gasteiger partial charge in [0.1, 0.15) is 12.4 Å². The largest absolute Gasteiger partial charge is 0.354 e. The number of amides is 4. The number of carbonyl (C=O) groups excluding carboxylic acids is 3. The lowest BCUT2D eigenvalue weighted by Crippen LogP contribution is -2.47. The van der Waals surface area contributed by atoms with Crippen molar-refractivity contribution in [1.82, 2.24) is 25.4 Å². The summed E-state index contributed by atoms with van der Waals surface area (Å²) in [6.07, 6.45) is 3.82. The number of urea groups is 1. The SMILES string of the molecule is C=CCN1C(=O)N[C@@H](c2cccc(F)c2)C2=C1CN(CC(=O)NCCc1ccccn1)C2=O. The lowest BCUT2D eigenvalue weighted by atomic mass is 9.95. The maximum absolute atomic E-state index is 13.8. The summed E-state index contributed by atoms with van der Waals surface area (Å²) < 4.78 is 13.8. The predicted molar refractivity (Wildman–Crippen MR) is 119 cm³/mol. The van der Waals surface area contributed by atoms with Crippen LogP contribution in [0.5, 0.6) is 0 Å². The molecule has 0 fully saturated rings. The third kappa shape index (κ3) is 4.77. The number of nitrogens with one attached hydrogen (secondary N) is 2. The minimum absolute atomic E-state index is 0.106. The highest BCUT2D eigenvalue weighted by Gasteiger charge is 2.44. The van der Waals surface area contributed by atoms with Crippen molar-refractivity contribution in [2.75, 3.05) is 26.2 Å². The van der Waals surface area contributed by atoms with Gasteiger partial charge in [0.05, 0.1) is 23.9 Å². The van der Waals surface area contributed by atoms with Crippen LogP contribution in [-0.4, -0.2) is 58.8 Å². The maximum atomic E-state index is 13.8. The highest BCUT2D eigenvalue weighted by molar-refractivity contribution is 6.03. The Morgan fingerprint density at radius 3 is 2.85 bits per heavy atom. The molecule has 2 aliphatic heterocycles. The second kappa shape index (κ2) is 9.64. The monoisotopic (exact) mass is 449 g/mol. The summed E-state index contributed by atoms with van der Waals surface area (Å²) in [7, 11) is 0. The van der Waals surface area contributed by atoms with E-state index in [0.717, 1.165) is 5.69 Å². The molecule has 0 aliphatic carbocycles. The van der Waals surface area contributed by atoms with Crippen LogP contribution < -0.4 is 10.6 Å². The fourth-order valence-corrected chi connectivity index (χ4v) is 4.04. The van der Waals surface area contributed by atoms with E-state index < -0.39 is 17.9 Å². The molecule has 1 aromatic carbocycles. The zero-order valence-electron chi connectivity index (χ0n) is 18.0. The highest BCUT2D eigenvalue weighted by Crippen LogP contribution is 2.36. The van der Waals surface area contributed by atoms with Gasteiger partial charge in [-0.2, -0.15) is 0 Å². The van der Waals surface area contributed by atoms with Crippen LogP contribution in [0.25, 0.3) is 0 Å². The summed E-state index contributed by atoms with van der Waals surface area (Å²) in [5.74, 6) is -1.14. The molecule has 170 valence electrons. The first-order chi connectivity index (χ1) is 16.0. The number of carbonyl (C=O) groups is 3. The molecule has 8 nitrogen and oxygen atoms in total. The molecule has 1 aromatic heterocycles. The van der Waals surface area contributed by atoms with Gasteiger partial charge in [-0.15, -0.1) is 6.58 Å². The van der Waals surface area contributed by atoms with Crippen LogP contribution in [0.3, 0.4) is 0 Å². The molecular formula is C24H24FN5O3. The Kier molecular flexibility index (Phi) is 6.48. The van der Waals surface area contributed by atoms with E-state index in [-0.39, 0.29) is 31.4 Å². The number of hydrogen-bond donors (Lipinski definition) is 2. The van der Waals surface area contributed by atoms with Crippen molar-refractivity contribution < 1.29 is 18.8 Å². The predicted octanol–water partition coefficient (Wildman–Crippen LogP) is 1.93. The molecule has 2 N–H and O–H groups in total.